The first-order valence-electron chi connectivity index (χ1n) is 9.06. The van der Waals surface area contributed by atoms with Crippen molar-refractivity contribution in [2.45, 2.75) is 6.73 Å². The molecule has 1 amide bonds. The number of nitrogens with zero attached hydrogens (tertiary/aromatic N) is 5. The Morgan fingerprint density at radius 3 is 2.50 bits per heavy atom. The van der Waals surface area contributed by atoms with Crippen molar-refractivity contribution in [3.05, 3.63) is 71.6 Å². The molecule has 0 saturated carbocycles. The van der Waals surface area contributed by atoms with Crippen molar-refractivity contribution in [1.82, 2.24) is 19.7 Å². The van der Waals surface area contributed by atoms with E-state index in [0.717, 1.165) is 18.9 Å². The predicted molar refractivity (Wildman–Crippen MR) is 107 cm³/mol. The number of rotatable bonds is 5. The summed E-state index contributed by atoms with van der Waals surface area (Å²) in [5, 5.41) is 4.87. The van der Waals surface area contributed by atoms with Gasteiger partial charge in [-0.15, -0.1) is 0 Å². The van der Waals surface area contributed by atoms with Crippen LogP contribution in [0.2, 0.25) is 5.02 Å². The highest BCUT2D eigenvalue weighted by Crippen LogP contribution is 2.17. The van der Waals surface area contributed by atoms with E-state index >= 15 is 0 Å². The van der Waals surface area contributed by atoms with Crippen molar-refractivity contribution in [2.24, 2.45) is 0 Å². The monoisotopic (exact) mass is 397 g/mol. The highest BCUT2D eigenvalue weighted by molar-refractivity contribution is 6.30. The third-order valence-electron chi connectivity index (χ3n) is 4.64. The number of ether oxygens (including phenoxy) is 1. The topological polar surface area (TPSA) is 63.5 Å². The van der Waals surface area contributed by atoms with E-state index in [-0.39, 0.29) is 12.6 Å². The van der Waals surface area contributed by atoms with Crippen molar-refractivity contribution < 1.29 is 9.53 Å². The molecule has 0 N–H and O–H groups in total. The average molecular weight is 398 g/mol. The van der Waals surface area contributed by atoms with E-state index in [1.807, 2.05) is 23.1 Å². The molecular formula is C20H20ClN5O2. The van der Waals surface area contributed by atoms with Gasteiger partial charge in [0.05, 0.1) is 0 Å². The summed E-state index contributed by atoms with van der Waals surface area (Å²) >= 11 is 5.88. The van der Waals surface area contributed by atoms with Crippen molar-refractivity contribution in [1.29, 1.82) is 0 Å². The molecule has 0 atom stereocenters. The molecule has 1 aromatic carbocycles. The first-order valence-corrected chi connectivity index (χ1v) is 9.44. The Bertz CT molecular complexity index is 921. The Morgan fingerprint density at radius 1 is 1.00 bits per heavy atom. The third kappa shape index (κ3) is 4.09. The SMILES string of the molecule is O=C(c1ccnn1COc1ccc(Cl)cc1)N1CCN(c2ccccn2)CC1. The molecule has 3 heterocycles. The smallest absolute Gasteiger partial charge is 0.272 e. The van der Waals surface area contributed by atoms with Gasteiger partial charge >= 0.3 is 0 Å². The molecule has 3 aromatic rings. The molecule has 0 bridgehead atoms. The molecule has 7 nitrogen and oxygen atoms in total. The van der Waals surface area contributed by atoms with Crippen molar-refractivity contribution in [3.8, 4) is 5.75 Å². The van der Waals surface area contributed by atoms with Crippen LogP contribution in [-0.2, 0) is 6.73 Å². The lowest BCUT2D eigenvalue weighted by Crippen LogP contribution is -2.49. The lowest BCUT2D eigenvalue weighted by atomic mass is 10.2. The number of benzene rings is 1. The van der Waals surface area contributed by atoms with Crippen LogP contribution in [0.3, 0.4) is 0 Å². The molecule has 28 heavy (non-hydrogen) atoms. The zero-order valence-electron chi connectivity index (χ0n) is 15.2. The highest BCUT2D eigenvalue weighted by atomic mass is 35.5. The van der Waals surface area contributed by atoms with E-state index in [4.69, 9.17) is 16.3 Å². The number of amides is 1. The molecule has 1 saturated heterocycles. The summed E-state index contributed by atoms with van der Waals surface area (Å²) in [5.41, 5.74) is 0.514. The van der Waals surface area contributed by atoms with E-state index < -0.39 is 0 Å². The Balaban J connectivity index is 1.37. The first kappa shape index (κ1) is 18.3. The predicted octanol–water partition coefficient (Wildman–Crippen LogP) is 2.93. The normalized spacial score (nSPS) is 14.2. The molecule has 0 aliphatic carbocycles. The van der Waals surface area contributed by atoms with Crippen molar-refractivity contribution >= 4 is 23.3 Å². The number of anilines is 1. The van der Waals surface area contributed by atoms with Crippen LogP contribution < -0.4 is 9.64 Å². The Kier molecular flexibility index (Phi) is 5.43. The molecule has 1 aliphatic heterocycles. The number of pyridine rings is 1. The van der Waals surface area contributed by atoms with Crippen LogP contribution in [0, 0.1) is 0 Å². The summed E-state index contributed by atoms with van der Waals surface area (Å²) in [4.78, 5) is 21.3. The van der Waals surface area contributed by atoms with Crippen LogP contribution >= 0.6 is 11.6 Å². The summed E-state index contributed by atoms with van der Waals surface area (Å²) in [7, 11) is 0. The minimum atomic E-state index is -0.0436. The van der Waals surface area contributed by atoms with Gasteiger partial charge in [-0.05, 0) is 42.5 Å². The van der Waals surface area contributed by atoms with Crippen LogP contribution in [0.15, 0.2) is 60.9 Å². The molecule has 4 rings (SSSR count). The number of carbonyl (C=O) groups is 1. The Labute approximate surface area is 168 Å². The highest BCUT2D eigenvalue weighted by Gasteiger charge is 2.25. The van der Waals surface area contributed by atoms with Gasteiger partial charge in [0.2, 0.25) is 0 Å². The van der Waals surface area contributed by atoms with Gasteiger partial charge in [-0.25, -0.2) is 9.67 Å². The average Bonchev–Trinajstić information content (AvgIpc) is 3.22. The van der Waals surface area contributed by atoms with Gasteiger partial charge in [-0.2, -0.15) is 5.10 Å². The minimum absolute atomic E-state index is 0.0436. The van der Waals surface area contributed by atoms with E-state index in [1.54, 1.807) is 47.4 Å². The molecule has 0 radical (unpaired) electrons. The summed E-state index contributed by atoms with van der Waals surface area (Å²) in [6.45, 7) is 2.93. The number of hydrogen-bond donors (Lipinski definition) is 0. The van der Waals surface area contributed by atoms with E-state index in [9.17, 15) is 4.79 Å². The lowest BCUT2D eigenvalue weighted by molar-refractivity contribution is 0.0723. The maximum Gasteiger partial charge on any atom is 0.272 e. The Morgan fingerprint density at radius 2 is 1.79 bits per heavy atom. The van der Waals surface area contributed by atoms with Gasteiger partial charge < -0.3 is 14.5 Å². The number of hydrogen-bond acceptors (Lipinski definition) is 5. The summed E-state index contributed by atoms with van der Waals surface area (Å²) in [6, 6.07) is 14.7. The quantitative estimate of drug-likeness (QED) is 0.662. The summed E-state index contributed by atoms with van der Waals surface area (Å²) in [5.74, 6) is 1.57. The number of carbonyl (C=O) groups excluding carboxylic acids is 1. The van der Waals surface area contributed by atoms with Gasteiger partial charge in [0.25, 0.3) is 5.91 Å². The molecule has 144 valence electrons. The third-order valence-corrected chi connectivity index (χ3v) is 4.89. The second kappa shape index (κ2) is 8.31. The molecule has 1 aliphatic rings. The van der Waals surface area contributed by atoms with Gasteiger partial charge in [-0.3, -0.25) is 4.79 Å². The van der Waals surface area contributed by atoms with E-state index in [0.29, 0.717) is 29.6 Å². The molecule has 2 aromatic heterocycles. The van der Waals surface area contributed by atoms with E-state index in [2.05, 4.69) is 15.0 Å². The maximum atomic E-state index is 12.9. The summed E-state index contributed by atoms with van der Waals surface area (Å²) in [6.07, 6.45) is 3.40. The fraction of sp³-hybridized carbons (Fsp3) is 0.250. The Hall–Kier alpha value is -3.06. The lowest BCUT2D eigenvalue weighted by Gasteiger charge is -2.35. The van der Waals surface area contributed by atoms with Gasteiger partial charge in [0.1, 0.15) is 17.3 Å². The molecule has 8 heteroatoms. The van der Waals surface area contributed by atoms with Crippen LogP contribution in [0.25, 0.3) is 0 Å². The molecular weight excluding hydrogens is 378 g/mol. The number of halogens is 1. The van der Waals surface area contributed by atoms with E-state index in [1.165, 1.54) is 0 Å². The standard InChI is InChI=1S/C20H20ClN5O2/c21-16-4-6-17(7-5-16)28-15-26-18(8-10-23-26)20(27)25-13-11-24(12-14-25)19-3-1-2-9-22-19/h1-10H,11-15H2. The fourth-order valence-corrected chi connectivity index (χ4v) is 3.25. The van der Waals surface area contributed by atoms with Crippen LogP contribution in [0.5, 0.6) is 5.75 Å². The van der Waals surface area contributed by atoms with Crippen molar-refractivity contribution in [2.75, 3.05) is 31.1 Å². The van der Waals surface area contributed by atoms with Crippen LogP contribution in [-0.4, -0.2) is 51.8 Å². The zero-order chi connectivity index (χ0) is 19.3. The van der Waals surface area contributed by atoms with Gasteiger partial charge in [0, 0.05) is 43.6 Å². The molecule has 0 unspecified atom stereocenters. The molecule has 0 spiro atoms. The first-order chi connectivity index (χ1) is 13.7. The molecule has 1 fully saturated rings. The minimum Gasteiger partial charge on any atom is -0.471 e. The van der Waals surface area contributed by atoms with Crippen molar-refractivity contribution in [3.63, 3.8) is 0 Å². The van der Waals surface area contributed by atoms with Gasteiger partial charge in [-0.1, -0.05) is 17.7 Å². The number of piperazine rings is 1. The van der Waals surface area contributed by atoms with Crippen LogP contribution in [0.1, 0.15) is 10.5 Å². The largest absolute Gasteiger partial charge is 0.471 e. The summed E-state index contributed by atoms with van der Waals surface area (Å²) < 4.78 is 7.28. The maximum absolute atomic E-state index is 12.9. The fourth-order valence-electron chi connectivity index (χ4n) is 3.13. The zero-order valence-corrected chi connectivity index (χ0v) is 16.0. The van der Waals surface area contributed by atoms with Gasteiger partial charge in [0.15, 0.2) is 6.73 Å². The second-order valence-electron chi connectivity index (χ2n) is 6.41. The van der Waals surface area contributed by atoms with Crippen LogP contribution in [0.4, 0.5) is 5.82 Å². The number of aromatic nitrogens is 3. The second-order valence-corrected chi connectivity index (χ2v) is 6.85.